The van der Waals surface area contributed by atoms with E-state index in [9.17, 15) is 0 Å². The van der Waals surface area contributed by atoms with Crippen LogP contribution in [0.1, 0.15) is 0 Å². The fourth-order valence-electron chi connectivity index (χ4n) is 8.67. The molecule has 0 saturated carbocycles. The molecule has 0 saturated heterocycles. The molecule has 8 aromatic carbocycles. The molecule has 0 aliphatic heterocycles. The molecular weight excluding hydrogens is 781 g/mol. The fourth-order valence-corrected chi connectivity index (χ4v) is 8.67. The summed E-state index contributed by atoms with van der Waals surface area (Å²) in [6.07, 6.45) is 3.67. The Morgan fingerprint density at radius 2 is 0.594 bits per heavy atom. The molecule has 0 aliphatic carbocycles. The Morgan fingerprint density at radius 1 is 0.234 bits per heavy atom. The van der Waals surface area contributed by atoms with Crippen molar-refractivity contribution < 1.29 is 0 Å². The van der Waals surface area contributed by atoms with Gasteiger partial charge in [-0.25, -0.2) is 19.9 Å². The van der Waals surface area contributed by atoms with Crippen molar-refractivity contribution in [1.82, 2.24) is 29.9 Å². The minimum Gasteiger partial charge on any atom is -0.256 e. The second-order valence-corrected chi connectivity index (χ2v) is 16.0. The SMILES string of the molecule is c1ccc2cc(-c3cc(-c4cccc5cccnc45)nc(-c4ccc(-c5ccc(-c6nc(-c7ccc8ccccc8c7)cc(-c7cccc8cccnc78)n6)cc5)cc4)n3)ccc2c1. The molecular formula is C58H36N6. The van der Waals surface area contributed by atoms with Gasteiger partial charge in [-0.3, -0.25) is 9.97 Å². The molecule has 0 N–H and O–H groups in total. The van der Waals surface area contributed by atoms with Crippen LogP contribution in [-0.2, 0) is 0 Å². The summed E-state index contributed by atoms with van der Waals surface area (Å²) >= 11 is 0. The van der Waals surface area contributed by atoms with Crippen molar-refractivity contribution in [3.8, 4) is 78.9 Å². The third-order valence-electron chi connectivity index (χ3n) is 12.0. The van der Waals surface area contributed by atoms with Crippen LogP contribution >= 0.6 is 0 Å². The molecule has 0 spiro atoms. The number of hydrogen-bond donors (Lipinski definition) is 0. The second kappa shape index (κ2) is 15.6. The molecule has 298 valence electrons. The summed E-state index contributed by atoms with van der Waals surface area (Å²) in [6.45, 7) is 0. The van der Waals surface area contributed by atoms with E-state index in [0.717, 1.165) is 99.9 Å². The van der Waals surface area contributed by atoms with Crippen LogP contribution in [0.2, 0.25) is 0 Å². The van der Waals surface area contributed by atoms with Gasteiger partial charge in [-0.15, -0.1) is 0 Å². The normalized spacial score (nSPS) is 11.4. The Bertz CT molecular complexity index is 3470. The highest BCUT2D eigenvalue weighted by Crippen LogP contribution is 2.35. The first-order valence-corrected chi connectivity index (χ1v) is 21.3. The van der Waals surface area contributed by atoms with Crippen LogP contribution in [0.3, 0.4) is 0 Å². The van der Waals surface area contributed by atoms with Gasteiger partial charge in [0.2, 0.25) is 0 Å². The zero-order valence-corrected chi connectivity index (χ0v) is 34.5. The van der Waals surface area contributed by atoms with Crippen LogP contribution in [0.5, 0.6) is 0 Å². The van der Waals surface area contributed by atoms with Crippen molar-refractivity contribution in [3.05, 3.63) is 219 Å². The number of hydrogen-bond acceptors (Lipinski definition) is 6. The zero-order chi connectivity index (χ0) is 42.4. The summed E-state index contributed by atoms with van der Waals surface area (Å²) < 4.78 is 0. The molecule has 0 aliphatic rings. The van der Waals surface area contributed by atoms with E-state index in [1.54, 1.807) is 0 Å². The van der Waals surface area contributed by atoms with Gasteiger partial charge in [-0.1, -0.05) is 170 Å². The number of benzene rings is 8. The molecule has 4 heterocycles. The van der Waals surface area contributed by atoms with Crippen molar-refractivity contribution in [2.24, 2.45) is 0 Å². The fraction of sp³-hybridized carbons (Fsp3) is 0. The smallest absolute Gasteiger partial charge is 0.160 e. The lowest BCUT2D eigenvalue weighted by Gasteiger charge is -2.12. The first-order chi connectivity index (χ1) is 31.7. The van der Waals surface area contributed by atoms with E-state index in [1.807, 2.05) is 24.5 Å². The largest absolute Gasteiger partial charge is 0.256 e. The number of pyridine rings is 2. The van der Waals surface area contributed by atoms with Crippen LogP contribution in [0.25, 0.3) is 122 Å². The highest BCUT2D eigenvalue weighted by Gasteiger charge is 2.16. The minimum absolute atomic E-state index is 0.649. The summed E-state index contributed by atoms with van der Waals surface area (Å²) in [5, 5.41) is 6.83. The van der Waals surface area contributed by atoms with Crippen LogP contribution in [0.4, 0.5) is 0 Å². The van der Waals surface area contributed by atoms with E-state index in [-0.39, 0.29) is 0 Å². The Hall–Kier alpha value is -8.74. The Morgan fingerprint density at radius 3 is 1.05 bits per heavy atom. The van der Waals surface area contributed by atoms with E-state index < -0.39 is 0 Å². The second-order valence-electron chi connectivity index (χ2n) is 16.0. The van der Waals surface area contributed by atoms with Crippen molar-refractivity contribution in [1.29, 1.82) is 0 Å². The maximum atomic E-state index is 5.18. The molecule has 0 fully saturated rings. The van der Waals surface area contributed by atoms with Crippen molar-refractivity contribution in [3.63, 3.8) is 0 Å². The monoisotopic (exact) mass is 816 g/mol. The van der Waals surface area contributed by atoms with Crippen molar-refractivity contribution in [2.45, 2.75) is 0 Å². The topological polar surface area (TPSA) is 77.3 Å². The predicted octanol–water partition coefficient (Wildman–Crippen LogP) is 14.3. The first-order valence-electron chi connectivity index (χ1n) is 21.3. The molecule has 12 aromatic rings. The molecule has 4 aromatic heterocycles. The van der Waals surface area contributed by atoms with Gasteiger partial charge in [-0.2, -0.15) is 0 Å². The number of rotatable bonds is 7. The van der Waals surface area contributed by atoms with Crippen LogP contribution in [0, 0.1) is 0 Å². The van der Waals surface area contributed by atoms with E-state index in [2.05, 4.69) is 194 Å². The molecule has 0 radical (unpaired) electrons. The first kappa shape index (κ1) is 37.1. The maximum absolute atomic E-state index is 5.18. The lowest BCUT2D eigenvalue weighted by molar-refractivity contribution is 1.18. The lowest BCUT2D eigenvalue weighted by Crippen LogP contribution is -1.97. The molecule has 6 nitrogen and oxygen atoms in total. The Balaban J connectivity index is 0.910. The van der Waals surface area contributed by atoms with Gasteiger partial charge < -0.3 is 0 Å². The van der Waals surface area contributed by atoms with Gasteiger partial charge >= 0.3 is 0 Å². The lowest BCUT2D eigenvalue weighted by atomic mass is 10.00. The summed E-state index contributed by atoms with van der Waals surface area (Å²) in [7, 11) is 0. The minimum atomic E-state index is 0.649. The van der Waals surface area contributed by atoms with E-state index in [0.29, 0.717) is 11.6 Å². The van der Waals surface area contributed by atoms with Gasteiger partial charge in [-0.05, 0) is 69.1 Å². The number of nitrogens with zero attached hydrogens (tertiary/aromatic N) is 6. The third-order valence-corrected chi connectivity index (χ3v) is 12.0. The summed E-state index contributed by atoms with van der Waals surface area (Å²) in [6, 6.07) is 71.5. The van der Waals surface area contributed by atoms with Gasteiger partial charge in [0.15, 0.2) is 11.6 Å². The van der Waals surface area contributed by atoms with E-state index in [4.69, 9.17) is 29.9 Å². The summed E-state index contributed by atoms with van der Waals surface area (Å²) in [5.41, 5.74) is 13.2. The average molecular weight is 817 g/mol. The highest BCUT2D eigenvalue weighted by molar-refractivity contribution is 5.96. The summed E-state index contributed by atoms with van der Waals surface area (Å²) in [5.74, 6) is 1.30. The average Bonchev–Trinajstić information content (AvgIpc) is 3.38. The number of aromatic nitrogens is 6. The van der Waals surface area contributed by atoms with Gasteiger partial charge in [0.25, 0.3) is 0 Å². The zero-order valence-electron chi connectivity index (χ0n) is 34.5. The molecule has 0 unspecified atom stereocenters. The van der Waals surface area contributed by atoms with Gasteiger partial charge in [0.1, 0.15) is 0 Å². The van der Waals surface area contributed by atoms with Crippen molar-refractivity contribution in [2.75, 3.05) is 0 Å². The molecule has 0 bridgehead atoms. The molecule has 64 heavy (non-hydrogen) atoms. The summed E-state index contributed by atoms with van der Waals surface area (Å²) in [4.78, 5) is 30.2. The third kappa shape index (κ3) is 6.89. The number of fused-ring (bicyclic) bond motifs is 4. The quantitative estimate of drug-likeness (QED) is 0.159. The number of para-hydroxylation sites is 2. The Labute approximate surface area is 369 Å². The van der Waals surface area contributed by atoms with Crippen molar-refractivity contribution >= 4 is 43.4 Å². The van der Waals surface area contributed by atoms with Crippen LogP contribution in [0.15, 0.2) is 219 Å². The van der Waals surface area contributed by atoms with Gasteiger partial charge in [0, 0.05) is 56.5 Å². The standard InChI is InChI=1S/C58H36N6/c1-3-11-45-33-47(29-23-37(45)9-1)51-35-53(49-17-5-13-41-15-7-31-59-55(41)49)63-57(61-51)43-25-19-39(20-26-43)40-21-27-44(28-22-40)58-62-52(48-30-24-38-10-2-4-12-46(38)34-48)36-54(64-58)50-18-6-14-42-16-8-32-60-56(42)50/h1-36H. The molecule has 6 heteroatoms. The van der Waals surface area contributed by atoms with Crippen LogP contribution in [-0.4, -0.2) is 29.9 Å². The maximum Gasteiger partial charge on any atom is 0.160 e. The Kier molecular flexibility index (Phi) is 9.05. The van der Waals surface area contributed by atoms with Gasteiger partial charge in [0.05, 0.1) is 33.8 Å². The molecule has 0 atom stereocenters. The highest BCUT2D eigenvalue weighted by atomic mass is 14.9. The molecule has 0 amide bonds. The predicted molar refractivity (Wildman–Crippen MR) is 261 cm³/mol. The van der Waals surface area contributed by atoms with E-state index >= 15 is 0 Å². The van der Waals surface area contributed by atoms with Crippen LogP contribution < -0.4 is 0 Å². The molecule has 12 rings (SSSR count). The van der Waals surface area contributed by atoms with E-state index in [1.165, 1.54) is 10.8 Å².